The lowest BCUT2D eigenvalue weighted by molar-refractivity contribution is 0.584. The molecule has 3 rings (SSSR count). The smallest absolute Gasteiger partial charge is 0.212 e. The molecule has 0 fully saturated rings. The fraction of sp³-hybridized carbons (Fsp3) is 0.0714. The van der Waals surface area contributed by atoms with Crippen LogP contribution in [0.3, 0.4) is 0 Å². The molecule has 0 spiro atoms. The largest absolute Gasteiger partial charge is 0.444 e. The molecule has 0 aliphatic heterocycles. The van der Waals surface area contributed by atoms with Gasteiger partial charge in [-0.05, 0) is 29.8 Å². The molecule has 0 radical (unpaired) electrons. The van der Waals surface area contributed by atoms with Crippen LogP contribution in [0.4, 0.5) is 10.1 Å². The molecule has 0 aliphatic rings. The van der Waals surface area contributed by atoms with Crippen molar-refractivity contribution < 1.29 is 8.81 Å². The van der Waals surface area contributed by atoms with Gasteiger partial charge < -0.3 is 9.73 Å². The minimum atomic E-state index is -0.502. The predicted molar refractivity (Wildman–Crippen MR) is 72.7 cm³/mol. The standard InChI is InChI=1S/C14H10ClFN2O/c15-14-11(10-3-1-2-4-12(10)19-14)8-17-9-5-6-13(16)18-7-9/h1-7,17H,8H2. The monoisotopic (exact) mass is 276 g/mol. The number of anilines is 1. The number of hydrogen-bond acceptors (Lipinski definition) is 3. The van der Waals surface area contributed by atoms with Crippen LogP contribution in [0.2, 0.25) is 5.22 Å². The highest BCUT2D eigenvalue weighted by atomic mass is 35.5. The van der Waals surface area contributed by atoms with Crippen LogP contribution >= 0.6 is 11.6 Å². The molecule has 0 bridgehead atoms. The summed E-state index contributed by atoms with van der Waals surface area (Å²) in [4.78, 5) is 3.58. The maximum atomic E-state index is 12.7. The van der Waals surface area contributed by atoms with E-state index in [2.05, 4.69) is 10.3 Å². The second-order valence-electron chi connectivity index (χ2n) is 4.07. The van der Waals surface area contributed by atoms with E-state index in [1.54, 1.807) is 6.07 Å². The van der Waals surface area contributed by atoms with Gasteiger partial charge in [-0.15, -0.1) is 0 Å². The van der Waals surface area contributed by atoms with Crippen molar-refractivity contribution in [2.75, 3.05) is 5.32 Å². The second kappa shape index (κ2) is 4.90. The summed E-state index contributed by atoms with van der Waals surface area (Å²) < 4.78 is 18.2. The first-order valence-electron chi connectivity index (χ1n) is 5.75. The summed E-state index contributed by atoms with van der Waals surface area (Å²) in [7, 11) is 0. The van der Waals surface area contributed by atoms with Crippen molar-refractivity contribution in [1.82, 2.24) is 4.98 Å². The number of benzene rings is 1. The highest BCUT2D eigenvalue weighted by molar-refractivity contribution is 6.30. The second-order valence-corrected chi connectivity index (χ2v) is 4.42. The summed E-state index contributed by atoms with van der Waals surface area (Å²) >= 11 is 6.08. The number of rotatable bonds is 3. The van der Waals surface area contributed by atoms with E-state index < -0.39 is 5.95 Å². The minimum Gasteiger partial charge on any atom is -0.444 e. The van der Waals surface area contributed by atoms with Crippen LogP contribution < -0.4 is 5.32 Å². The van der Waals surface area contributed by atoms with E-state index in [0.717, 1.165) is 22.2 Å². The molecule has 5 heteroatoms. The highest BCUT2D eigenvalue weighted by Crippen LogP contribution is 2.30. The van der Waals surface area contributed by atoms with E-state index in [-0.39, 0.29) is 0 Å². The molecule has 0 aliphatic carbocycles. The van der Waals surface area contributed by atoms with E-state index >= 15 is 0 Å². The average molecular weight is 277 g/mol. The first kappa shape index (κ1) is 12.0. The predicted octanol–water partition coefficient (Wildman–Crippen LogP) is 4.23. The molecule has 96 valence electrons. The van der Waals surface area contributed by atoms with Crippen LogP contribution in [-0.2, 0) is 6.54 Å². The molecular weight excluding hydrogens is 267 g/mol. The van der Waals surface area contributed by atoms with Gasteiger partial charge in [-0.3, -0.25) is 0 Å². The van der Waals surface area contributed by atoms with Gasteiger partial charge in [0.15, 0.2) is 5.22 Å². The minimum absolute atomic E-state index is 0.365. The maximum absolute atomic E-state index is 12.7. The van der Waals surface area contributed by atoms with E-state index in [1.165, 1.54) is 12.3 Å². The van der Waals surface area contributed by atoms with Crippen LogP contribution in [0, 0.1) is 5.95 Å². The van der Waals surface area contributed by atoms with Crippen molar-refractivity contribution in [3.63, 3.8) is 0 Å². The Morgan fingerprint density at radius 1 is 1.21 bits per heavy atom. The average Bonchev–Trinajstić information content (AvgIpc) is 2.74. The number of para-hydroxylation sites is 1. The Bertz CT molecular complexity index is 709. The van der Waals surface area contributed by atoms with Gasteiger partial charge in [0.25, 0.3) is 0 Å². The Morgan fingerprint density at radius 2 is 2.05 bits per heavy atom. The summed E-state index contributed by atoms with van der Waals surface area (Å²) in [5.41, 5.74) is 2.35. The third kappa shape index (κ3) is 2.39. The van der Waals surface area contributed by atoms with Crippen LogP contribution in [0.1, 0.15) is 5.56 Å². The number of hydrogen-bond donors (Lipinski definition) is 1. The molecule has 3 nitrogen and oxygen atoms in total. The van der Waals surface area contributed by atoms with Crippen molar-refractivity contribution in [2.24, 2.45) is 0 Å². The molecule has 0 saturated carbocycles. The van der Waals surface area contributed by atoms with Gasteiger partial charge in [0, 0.05) is 17.5 Å². The zero-order valence-corrected chi connectivity index (χ0v) is 10.6. The molecule has 1 N–H and O–H groups in total. The molecule has 3 aromatic rings. The summed E-state index contributed by atoms with van der Waals surface area (Å²) in [6.07, 6.45) is 1.44. The maximum Gasteiger partial charge on any atom is 0.212 e. The molecule has 2 heterocycles. The number of furan rings is 1. The molecule has 19 heavy (non-hydrogen) atoms. The number of pyridine rings is 1. The van der Waals surface area contributed by atoms with E-state index in [9.17, 15) is 4.39 Å². The SMILES string of the molecule is Fc1ccc(NCc2c(Cl)oc3ccccc23)cn1. The van der Waals surface area contributed by atoms with Crippen LogP contribution in [0.25, 0.3) is 11.0 Å². The molecule has 2 aromatic heterocycles. The van der Waals surface area contributed by atoms with Gasteiger partial charge in [0.2, 0.25) is 5.95 Å². The normalized spacial score (nSPS) is 10.8. The van der Waals surface area contributed by atoms with Gasteiger partial charge in [-0.25, -0.2) is 4.98 Å². The zero-order valence-electron chi connectivity index (χ0n) is 9.86. The third-order valence-corrected chi connectivity index (χ3v) is 3.15. The summed E-state index contributed by atoms with van der Waals surface area (Å²) in [6.45, 7) is 0.489. The van der Waals surface area contributed by atoms with Crippen LogP contribution in [0.15, 0.2) is 47.0 Å². The topological polar surface area (TPSA) is 38.1 Å². The summed E-state index contributed by atoms with van der Waals surface area (Å²) in [6, 6.07) is 10.6. The molecule has 0 unspecified atom stereocenters. The number of fused-ring (bicyclic) bond motifs is 1. The van der Waals surface area contributed by atoms with Gasteiger partial charge in [-0.1, -0.05) is 18.2 Å². The number of nitrogens with one attached hydrogen (secondary N) is 1. The molecule has 0 saturated heterocycles. The zero-order chi connectivity index (χ0) is 13.2. The first-order chi connectivity index (χ1) is 9.24. The van der Waals surface area contributed by atoms with Crippen LogP contribution in [-0.4, -0.2) is 4.98 Å². The van der Waals surface area contributed by atoms with E-state index in [4.69, 9.17) is 16.0 Å². The quantitative estimate of drug-likeness (QED) is 0.728. The lowest BCUT2D eigenvalue weighted by Crippen LogP contribution is -1.99. The Morgan fingerprint density at radius 3 is 2.84 bits per heavy atom. The van der Waals surface area contributed by atoms with Gasteiger partial charge in [0.05, 0.1) is 11.9 Å². The number of nitrogens with zero attached hydrogens (tertiary/aromatic N) is 1. The van der Waals surface area contributed by atoms with Gasteiger partial charge >= 0.3 is 0 Å². The number of aromatic nitrogens is 1. The van der Waals surface area contributed by atoms with Crippen molar-refractivity contribution in [3.05, 3.63) is 59.3 Å². The molecule has 0 atom stereocenters. The Labute approximate surface area is 114 Å². The number of halogens is 2. The van der Waals surface area contributed by atoms with Crippen LogP contribution in [0.5, 0.6) is 0 Å². The lowest BCUT2D eigenvalue weighted by Gasteiger charge is -2.04. The summed E-state index contributed by atoms with van der Waals surface area (Å²) in [5.74, 6) is -0.502. The third-order valence-electron chi connectivity index (χ3n) is 2.85. The fourth-order valence-electron chi connectivity index (χ4n) is 1.90. The fourth-order valence-corrected chi connectivity index (χ4v) is 2.16. The van der Waals surface area contributed by atoms with Crippen molar-refractivity contribution in [1.29, 1.82) is 0 Å². The van der Waals surface area contributed by atoms with Crippen molar-refractivity contribution in [2.45, 2.75) is 6.54 Å². The Balaban J connectivity index is 1.85. The summed E-state index contributed by atoms with van der Waals surface area (Å²) in [5, 5.41) is 4.47. The molecule has 0 amide bonds. The van der Waals surface area contributed by atoms with E-state index in [1.807, 2.05) is 24.3 Å². The molecule has 1 aromatic carbocycles. The Kier molecular flexibility index (Phi) is 3.09. The van der Waals surface area contributed by atoms with Crippen molar-refractivity contribution in [3.8, 4) is 0 Å². The van der Waals surface area contributed by atoms with Gasteiger partial charge in [0.1, 0.15) is 5.58 Å². The Hall–Kier alpha value is -2.07. The van der Waals surface area contributed by atoms with Crippen molar-refractivity contribution >= 4 is 28.3 Å². The molecular formula is C14H10ClFN2O. The lowest BCUT2D eigenvalue weighted by atomic mass is 10.2. The first-order valence-corrected chi connectivity index (χ1v) is 6.13. The van der Waals surface area contributed by atoms with E-state index in [0.29, 0.717) is 11.8 Å². The van der Waals surface area contributed by atoms with Gasteiger partial charge in [-0.2, -0.15) is 4.39 Å². The highest BCUT2D eigenvalue weighted by Gasteiger charge is 2.11.